The van der Waals surface area contributed by atoms with Crippen LogP contribution in [0.15, 0.2) is 47.2 Å². The number of halogens is 3. The Hall–Kier alpha value is -2.72. The molecule has 0 saturated heterocycles. The molecular formula is C18H14F3N3O2S2. The number of benzene rings is 1. The number of thiazole rings is 1. The highest BCUT2D eigenvalue weighted by Crippen LogP contribution is 2.30. The summed E-state index contributed by atoms with van der Waals surface area (Å²) in [5.41, 5.74) is -0.366. The van der Waals surface area contributed by atoms with E-state index in [9.17, 15) is 22.8 Å². The Bertz CT molecular complexity index is 969. The van der Waals surface area contributed by atoms with Crippen molar-refractivity contribution in [1.29, 1.82) is 0 Å². The fourth-order valence-electron chi connectivity index (χ4n) is 2.32. The Morgan fingerprint density at radius 3 is 2.50 bits per heavy atom. The van der Waals surface area contributed by atoms with Gasteiger partial charge in [-0.3, -0.25) is 9.59 Å². The first-order valence-electron chi connectivity index (χ1n) is 8.03. The van der Waals surface area contributed by atoms with E-state index >= 15 is 0 Å². The smallest absolute Gasteiger partial charge is 0.326 e. The fraction of sp³-hybridized carbons (Fsp3) is 0.167. The Labute approximate surface area is 166 Å². The van der Waals surface area contributed by atoms with Crippen LogP contribution in [0.25, 0.3) is 0 Å². The summed E-state index contributed by atoms with van der Waals surface area (Å²) in [4.78, 5) is 29.1. The van der Waals surface area contributed by atoms with E-state index in [1.165, 1.54) is 34.8 Å². The van der Waals surface area contributed by atoms with E-state index < -0.39 is 17.6 Å². The van der Waals surface area contributed by atoms with Crippen molar-refractivity contribution in [3.63, 3.8) is 0 Å². The third-order valence-corrected chi connectivity index (χ3v) is 5.21. The highest BCUT2D eigenvalue weighted by molar-refractivity contribution is 7.14. The zero-order chi connectivity index (χ0) is 20.1. The van der Waals surface area contributed by atoms with Gasteiger partial charge in [0.15, 0.2) is 5.13 Å². The molecule has 0 radical (unpaired) electrons. The average Bonchev–Trinajstić information content (AvgIpc) is 3.26. The van der Waals surface area contributed by atoms with Crippen molar-refractivity contribution in [2.75, 3.05) is 10.6 Å². The van der Waals surface area contributed by atoms with Crippen LogP contribution < -0.4 is 10.6 Å². The number of alkyl halides is 3. The number of amides is 2. The fourth-order valence-corrected chi connectivity index (χ4v) is 3.75. The number of anilines is 2. The Morgan fingerprint density at radius 2 is 1.79 bits per heavy atom. The van der Waals surface area contributed by atoms with E-state index in [2.05, 4.69) is 15.6 Å². The second-order valence-corrected chi connectivity index (χ2v) is 7.64. The standard InChI is InChI=1S/C18H14F3N3O2S2/c19-18(20,21)11-3-1-4-12(7-11)22-15(25)8-13-10-28-17(23-13)24-16(26)9-14-5-2-6-27-14/h1-7,10H,8-9H2,(H,22,25)(H,23,24,26). The summed E-state index contributed by atoms with van der Waals surface area (Å²) < 4.78 is 38.2. The maximum absolute atomic E-state index is 12.7. The summed E-state index contributed by atoms with van der Waals surface area (Å²) in [5.74, 6) is -0.710. The molecule has 0 unspecified atom stereocenters. The Kier molecular flexibility index (Phi) is 6.10. The van der Waals surface area contributed by atoms with Crippen LogP contribution in [0.2, 0.25) is 0 Å². The molecule has 5 nitrogen and oxygen atoms in total. The lowest BCUT2D eigenvalue weighted by Crippen LogP contribution is -2.16. The highest BCUT2D eigenvalue weighted by atomic mass is 32.1. The number of carbonyl (C=O) groups is 2. The van der Waals surface area contributed by atoms with Crippen LogP contribution >= 0.6 is 22.7 Å². The summed E-state index contributed by atoms with van der Waals surface area (Å²) in [6, 6.07) is 8.12. The topological polar surface area (TPSA) is 71.1 Å². The van der Waals surface area contributed by atoms with Crippen LogP contribution in [0, 0.1) is 0 Å². The van der Waals surface area contributed by atoms with Crippen molar-refractivity contribution in [2.24, 2.45) is 0 Å². The Morgan fingerprint density at radius 1 is 1.00 bits per heavy atom. The third kappa shape index (κ3) is 5.64. The minimum atomic E-state index is -4.48. The second kappa shape index (κ2) is 8.53. The minimum Gasteiger partial charge on any atom is -0.326 e. The van der Waals surface area contributed by atoms with Crippen LogP contribution in [0.1, 0.15) is 16.1 Å². The minimum absolute atomic E-state index is 0.0551. The molecule has 0 aliphatic rings. The molecule has 2 aromatic heterocycles. The van der Waals surface area contributed by atoms with E-state index in [0.29, 0.717) is 10.8 Å². The van der Waals surface area contributed by atoms with Crippen LogP contribution in [0.3, 0.4) is 0 Å². The average molecular weight is 425 g/mol. The SMILES string of the molecule is O=C(Cc1csc(NC(=O)Cc2cccs2)n1)Nc1cccc(C(F)(F)F)c1. The molecule has 0 atom stereocenters. The van der Waals surface area contributed by atoms with Gasteiger partial charge in [0.2, 0.25) is 11.8 Å². The lowest BCUT2D eigenvalue weighted by Gasteiger charge is -2.09. The molecule has 0 aliphatic heterocycles. The molecule has 28 heavy (non-hydrogen) atoms. The van der Waals surface area contributed by atoms with Crippen molar-refractivity contribution in [3.05, 3.63) is 63.3 Å². The molecule has 1 aromatic carbocycles. The van der Waals surface area contributed by atoms with Crippen LogP contribution in [0.4, 0.5) is 24.0 Å². The molecule has 10 heteroatoms. The zero-order valence-electron chi connectivity index (χ0n) is 14.2. The molecule has 0 saturated carbocycles. The van der Waals surface area contributed by atoms with Gasteiger partial charge in [-0.15, -0.1) is 22.7 Å². The van der Waals surface area contributed by atoms with Gasteiger partial charge in [-0.2, -0.15) is 13.2 Å². The van der Waals surface area contributed by atoms with Crippen molar-refractivity contribution in [2.45, 2.75) is 19.0 Å². The van der Waals surface area contributed by atoms with E-state index in [0.717, 1.165) is 17.0 Å². The number of aromatic nitrogens is 1. The normalized spacial score (nSPS) is 11.2. The highest BCUT2D eigenvalue weighted by Gasteiger charge is 2.30. The van der Waals surface area contributed by atoms with Crippen molar-refractivity contribution in [3.8, 4) is 0 Å². The first-order valence-corrected chi connectivity index (χ1v) is 9.79. The van der Waals surface area contributed by atoms with Gasteiger partial charge in [-0.25, -0.2) is 4.98 Å². The number of thiophene rings is 1. The molecule has 146 valence electrons. The molecule has 0 bridgehead atoms. The lowest BCUT2D eigenvalue weighted by molar-refractivity contribution is -0.137. The summed E-state index contributed by atoms with van der Waals surface area (Å²) in [6.45, 7) is 0. The number of nitrogens with one attached hydrogen (secondary N) is 2. The number of hydrogen-bond donors (Lipinski definition) is 2. The van der Waals surface area contributed by atoms with Crippen molar-refractivity contribution >= 4 is 45.3 Å². The molecule has 2 N–H and O–H groups in total. The number of rotatable bonds is 6. The van der Waals surface area contributed by atoms with E-state index in [4.69, 9.17) is 0 Å². The molecule has 0 spiro atoms. The molecule has 0 fully saturated rings. The van der Waals surface area contributed by atoms with Crippen LogP contribution in [-0.4, -0.2) is 16.8 Å². The second-order valence-electron chi connectivity index (χ2n) is 5.75. The number of hydrogen-bond acceptors (Lipinski definition) is 5. The van der Waals surface area contributed by atoms with Crippen LogP contribution in [-0.2, 0) is 28.6 Å². The molecule has 3 rings (SSSR count). The van der Waals surface area contributed by atoms with Gasteiger partial charge in [0.05, 0.1) is 24.1 Å². The van der Waals surface area contributed by atoms with E-state index in [1.807, 2.05) is 17.5 Å². The Balaban J connectivity index is 1.54. The van der Waals surface area contributed by atoms with Crippen molar-refractivity contribution in [1.82, 2.24) is 4.98 Å². The van der Waals surface area contributed by atoms with Gasteiger partial charge in [-0.1, -0.05) is 12.1 Å². The molecule has 3 aromatic rings. The number of carbonyl (C=O) groups excluding carboxylic acids is 2. The lowest BCUT2D eigenvalue weighted by atomic mass is 10.2. The van der Waals surface area contributed by atoms with Gasteiger partial charge in [0.1, 0.15) is 0 Å². The summed E-state index contributed by atoms with van der Waals surface area (Å²) in [6.07, 6.45) is -4.36. The van der Waals surface area contributed by atoms with Gasteiger partial charge in [0, 0.05) is 15.9 Å². The number of nitrogens with zero attached hydrogens (tertiary/aromatic N) is 1. The molecular weight excluding hydrogens is 411 g/mol. The van der Waals surface area contributed by atoms with E-state index in [1.54, 1.807) is 5.38 Å². The van der Waals surface area contributed by atoms with Gasteiger partial charge in [-0.05, 0) is 29.6 Å². The molecule has 2 heterocycles. The first-order chi connectivity index (χ1) is 13.3. The maximum atomic E-state index is 12.7. The van der Waals surface area contributed by atoms with E-state index in [-0.39, 0.29) is 24.4 Å². The predicted octanol–water partition coefficient (Wildman–Crippen LogP) is 4.59. The molecule has 2 amide bonds. The van der Waals surface area contributed by atoms with Crippen molar-refractivity contribution < 1.29 is 22.8 Å². The molecule has 0 aliphatic carbocycles. The van der Waals surface area contributed by atoms with Gasteiger partial charge in [0.25, 0.3) is 0 Å². The maximum Gasteiger partial charge on any atom is 0.416 e. The summed E-state index contributed by atoms with van der Waals surface area (Å²) in [7, 11) is 0. The summed E-state index contributed by atoms with van der Waals surface area (Å²) >= 11 is 2.65. The monoisotopic (exact) mass is 425 g/mol. The van der Waals surface area contributed by atoms with Gasteiger partial charge >= 0.3 is 6.18 Å². The predicted molar refractivity (Wildman–Crippen MR) is 103 cm³/mol. The first kappa shape index (κ1) is 20.0. The van der Waals surface area contributed by atoms with Gasteiger partial charge < -0.3 is 10.6 Å². The zero-order valence-corrected chi connectivity index (χ0v) is 15.9. The quantitative estimate of drug-likeness (QED) is 0.607. The largest absolute Gasteiger partial charge is 0.416 e. The summed E-state index contributed by atoms with van der Waals surface area (Å²) in [5, 5.41) is 8.95. The third-order valence-electron chi connectivity index (χ3n) is 3.53. The van der Waals surface area contributed by atoms with Crippen LogP contribution in [0.5, 0.6) is 0 Å².